The largest absolute Gasteiger partial charge is 0.494 e. The highest BCUT2D eigenvalue weighted by Crippen LogP contribution is 2.31. The number of fused-ring (bicyclic) bond motifs is 1. The molecule has 1 aromatic carbocycles. The number of aromatic nitrogens is 3. The fourth-order valence-electron chi connectivity index (χ4n) is 4.54. The van der Waals surface area contributed by atoms with Gasteiger partial charge in [0.25, 0.3) is 5.91 Å². The Bertz CT molecular complexity index is 1080. The number of carbonyl (C=O) groups is 1. The first-order valence-corrected chi connectivity index (χ1v) is 11.5. The lowest BCUT2D eigenvalue weighted by Gasteiger charge is -2.20. The molecule has 3 aromatic rings. The predicted molar refractivity (Wildman–Crippen MR) is 123 cm³/mol. The number of anilines is 1. The maximum absolute atomic E-state index is 13.1. The third-order valence-electron chi connectivity index (χ3n) is 6.24. The van der Waals surface area contributed by atoms with Crippen molar-refractivity contribution in [3.05, 3.63) is 58.2 Å². The second-order valence-corrected chi connectivity index (χ2v) is 8.56. The molecule has 0 radical (unpaired) electrons. The molecule has 7 heteroatoms. The van der Waals surface area contributed by atoms with Crippen molar-refractivity contribution in [3.8, 4) is 5.75 Å². The summed E-state index contributed by atoms with van der Waals surface area (Å²) in [6, 6.07) is 8.00. The third-order valence-corrected chi connectivity index (χ3v) is 6.24. The number of ether oxygens (including phenoxy) is 1. The maximum Gasteiger partial charge on any atom is 0.278 e. The lowest BCUT2D eigenvalue weighted by atomic mass is 9.84. The Morgan fingerprint density at radius 1 is 1.25 bits per heavy atom. The summed E-state index contributed by atoms with van der Waals surface area (Å²) in [6.45, 7) is 9.32. The molecule has 32 heavy (non-hydrogen) atoms. The van der Waals surface area contributed by atoms with Gasteiger partial charge in [-0.1, -0.05) is 37.1 Å². The van der Waals surface area contributed by atoms with Crippen molar-refractivity contribution in [2.75, 3.05) is 11.9 Å². The maximum atomic E-state index is 13.1. The molecule has 0 fully saturated rings. The first-order valence-electron chi connectivity index (χ1n) is 11.5. The summed E-state index contributed by atoms with van der Waals surface area (Å²) < 4.78 is 12.9. The summed E-state index contributed by atoms with van der Waals surface area (Å²) in [4.78, 5) is 13.1. The van der Waals surface area contributed by atoms with E-state index in [0.29, 0.717) is 24.8 Å². The summed E-state index contributed by atoms with van der Waals surface area (Å²) in [7, 11) is 0. The molecule has 2 aromatic heterocycles. The van der Waals surface area contributed by atoms with E-state index in [4.69, 9.17) is 9.26 Å². The number of benzene rings is 1. The van der Waals surface area contributed by atoms with Gasteiger partial charge < -0.3 is 14.6 Å². The molecule has 1 unspecified atom stereocenters. The molecular formula is C25H32N4O3. The zero-order valence-electron chi connectivity index (χ0n) is 19.4. The van der Waals surface area contributed by atoms with Crippen LogP contribution in [0.25, 0.3) is 0 Å². The SMILES string of the molecule is CCCC1CCc2onc(C(=O)Nc3c(C)nn(Cc4ccc(OCC)cc4)c3C)c2C1. The summed E-state index contributed by atoms with van der Waals surface area (Å²) >= 11 is 0. The lowest BCUT2D eigenvalue weighted by Crippen LogP contribution is -2.19. The van der Waals surface area contributed by atoms with Crippen LogP contribution in [-0.4, -0.2) is 27.5 Å². The van der Waals surface area contributed by atoms with Gasteiger partial charge in [-0.3, -0.25) is 9.48 Å². The van der Waals surface area contributed by atoms with Crippen LogP contribution < -0.4 is 10.1 Å². The smallest absolute Gasteiger partial charge is 0.278 e. The number of aryl methyl sites for hydroxylation is 2. The average molecular weight is 437 g/mol. The summed E-state index contributed by atoms with van der Waals surface area (Å²) in [5.74, 6) is 2.09. The van der Waals surface area contributed by atoms with Gasteiger partial charge in [-0.05, 0) is 57.2 Å². The first-order chi connectivity index (χ1) is 15.5. The fraction of sp³-hybridized carbons (Fsp3) is 0.480. The molecule has 0 bridgehead atoms. The molecule has 1 N–H and O–H groups in total. The van der Waals surface area contributed by atoms with Crippen molar-refractivity contribution in [2.24, 2.45) is 5.92 Å². The van der Waals surface area contributed by atoms with E-state index in [1.54, 1.807) is 0 Å². The van der Waals surface area contributed by atoms with Crippen LogP contribution in [0, 0.1) is 19.8 Å². The number of carbonyl (C=O) groups excluding carboxylic acids is 1. The minimum Gasteiger partial charge on any atom is -0.494 e. The molecule has 0 aliphatic heterocycles. The molecule has 1 atom stereocenters. The van der Waals surface area contributed by atoms with Gasteiger partial charge in [0.1, 0.15) is 11.5 Å². The molecule has 0 spiro atoms. The second-order valence-electron chi connectivity index (χ2n) is 8.56. The fourth-order valence-corrected chi connectivity index (χ4v) is 4.54. The number of hydrogen-bond acceptors (Lipinski definition) is 5. The molecule has 1 aliphatic rings. The van der Waals surface area contributed by atoms with Crippen molar-refractivity contribution < 1.29 is 14.1 Å². The molecule has 4 rings (SSSR count). The monoisotopic (exact) mass is 436 g/mol. The van der Waals surface area contributed by atoms with Gasteiger partial charge in [0, 0.05) is 12.0 Å². The Balaban J connectivity index is 1.49. The third kappa shape index (κ3) is 4.56. The van der Waals surface area contributed by atoms with Gasteiger partial charge in [0.2, 0.25) is 0 Å². The van der Waals surface area contributed by atoms with Gasteiger partial charge in [-0.15, -0.1) is 0 Å². The Hall–Kier alpha value is -3.09. The van der Waals surface area contributed by atoms with Crippen LogP contribution in [0.4, 0.5) is 5.69 Å². The molecule has 7 nitrogen and oxygen atoms in total. The average Bonchev–Trinajstić information content (AvgIpc) is 3.31. The molecular weight excluding hydrogens is 404 g/mol. The molecule has 0 saturated carbocycles. The standard InChI is InChI=1S/C25H32N4O3/c1-5-7-18-10-13-22-21(14-18)24(28-32-22)25(30)26-23-16(3)27-29(17(23)4)15-19-8-11-20(12-9-19)31-6-2/h8-9,11-12,18H,5-7,10,13-15H2,1-4H3,(H,26,30). The van der Waals surface area contributed by atoms with E-state index < -0.39 is 0 Å². The van der Waals surface area contributed by atoms with Gasteiger partial charge >= 0.3 is 0 Å². The van der Waals surface area contributed by atoms with Gasteiger partial charge in [0.05, 0.1) is 30.2 Å². The Morgan fingerprint density at radius 3 is 2.75 bits per heavy atom. The Labute approximate surface area is 189 Å². The van der Waals surface area contributed by atoms with Crippen LogP contribution in [0.3, 0.4) is 0 Å². The molecule has 2 heterocycles. The van der Waals surface area contributed by atoms with Crippen LogP contribution in [0.5, 0.6) is 5.75 Å². The Morgan fingerprint density at radius 2 is 2.03 bits per heavy atom. The normalized spacial score (nSPS) is 15.4. The van der Waals surface area contributed by atoms with Crippen molar-refractivity contribution in [2.45, 2.75) is 66.3 Å². The highest BCUT2D eigenvalue weighted by molar-refractivity contribution is 6.04. The van der Waals surface area contributed by atoms with E-state index in [1.165, 1.54) is 6.42 Å². The van der Waals surface area contributed by atoms with E-state index in [9.17, 15) is 4.79 Å². The van der Waals surface area contributed by atoms with E-state index in [2.05, 4.69) is 22.5 Å². The zero-order valence-corrected chi connectivity index (χ0v) is 19.4. The lowest BCUT2D eigenvalue weighted by molar-refractivity contribution is 0.101. The summed E-state index contributed by atoms with van der Waals surface area (Å²) in [5, 5.41) is 11.8. The Kier molecular flexibility index (Phi) is 6.63. The van der Waals surface area contributed by atoms with Crippen LogP contribution in [-0.2, 0) is 19.4 Å². The van der Waals surface area contributed by atoms with Gasteiger partial charge in [0.15, 0.2) is 5.69 Å². The zero-order chi connectivity index (χ0) is 22.7. The second kappa shape index (κ2) is 9.59. The van der Waals surface area contributed by atoms with Crippen LogP contribution in [0.15, 0.2) is 28.8 Å². The van der Waals surface area contributed by atoms with E-state index in [-0.39, 0.29) is 5.91 Å². The van der Waals surface area contributed by atoms with Crippen molar-refractivity contribution in [3.63, 3.8) is 0 Å². The van der Waals surface area contributed by atoms with Gasteiger partial charge in [-0.25, -0.2) is 0 Å². The number of rotatable bonds is 8. The first kappa shape index (κ1) is 22.1. The molecule has 170 valence electrons. The van der Waals surface area contributed by atoms with Crippen LogP contribution >= 0.6 is 0 Å². The quantitative estimate of drug-likeness (QED) is 0.532. The minimum atomic E-state index is -0.223. The van der Waals surface area contributed by atoms with E-state index in [0.717, 1.165) is 65.4 Å². The molecule has 1 amide bonds. The van der Waals surface area contributed by atoms with Crippen molar-refractivity contribution >= 4 is 11.6 Å². The molecule has 0 saturated heterocycles. The van der Waals surface area contributed by atoms with Crippen LogP contribution in [0.1, 0.15) is 71.9 Å². The number of amides is 1. The molecule has 1 aliphatic carbocycles. The van der Waals surface area contributed by atoms with Crippen LogP contribution in [0.2, 0.25) is 0 Å². The van der Waals surface area contributed by atoms with E-state index in [1.807, 2.05) is 49.7 Å². The number of nitrogens with one attached hydrogen (secondary N) is 1. The topological polar surface area (TPSA) is 82.2 Å². The highest BCUT2D eigenvalue weighted by Gasteiger charge is 2.29. The predicted octanol–water partition coefficient (Wildman–Crippen LogP) is 5.09. The van der Waals surface area contributed by atoms with Crippen molar-refractivity contribution in [1.29, 1.82) is 0 Å². The van der Waals surface area contributed by atoms with Gasteiger partial charge in [-0.2, -0.15) is 5.10 Å². The minimum absolute atomic E-state index is 0.223. The number of hydrogen-bond donors (Lipinski definition) is 1. The number of nitrogens with zero attached hydrogens (tertiary/aromatic N) is 3. The van der Waals surface area contributed by atoms with E-state index >= 15 is 0 Å². The highest BCUT2D eigenvalue weighted by atomic mass is 16.5. The van der Waals surface area contributed by atoms with Crippen molar-refractivity contribution in [1.82, 2.24) is 14.9 Å². The summed E-state index contributed by atoms with van der Waals surface area (Å²) in [5.41, 5.74) is 4.93. The summed E-state index contributed by atoms with van der Waals surface area (Å²) in [6.07, 6.45) is 5.15.